The highest BCUT2D eigenvalue weighted by Crippen LogP contribution is 2.25. The van der Waals surface area contributed by atoms with Crippen molar-refractivity contribution < 1.29 is 4.39 Å². The zero-order valence-corrected chi connectivity index (χ0v) is 11.4. The van der Waals surface area contributed by atoms with Crippen LogP contribution in [-0.2, 0) is 0 Å². The predicted molar refractivity (Wildman–Crippen MR) is 74.0 cm³/mol. The Labute approximate surface area is 112 Å². The van der Waals surface area contributed by atoms with Crippen molar-refractivity contribution in [1.29, 1.82) is 0 Å². The van der Waals surface area contributed by atoms with E-state index in [0.29, 0.717) is 0 Å². The number of nitrogens with one attached hydrogen (secondary N) is 1. The molecular formula is C15H18FN3. The van der Waals surface area contributed by atoms with E-state index in [4.69, 9.17) is 5.84 Å². The van der Waals surface area contributed by atoms with Crippen LogP contribution in [0.25, 0.3) is 0 Å². The average Bonchev–Trinajstić information content (AvgIpc) is 2.34. The molecule has 1 atom stereocenters. The summed E-state index contributed by atoms with van der Waals surface area (Å²) in [6.45, 7) is 5.86. The van der Waals surface area contributed by atoms with Crippen molar-refractivity contribution >= 4 is 0 Å². The SMILES string of the molecule is Cc1cnc(C(NN)c2ccc(F)cc2C)c(C)c1. The van der Waals surface area contributed by atoms with Crippen molar-refractivity contribution in [3.05, 3.63) is 64.2 Å². The molecule has 0 aliphatic carbocycles. The summed E-state index contributed by atoms with van der Waals surface area (Å²) in [6, 6.07) is 6.52. The number of benzene rings is 1. The third-order valence-corrected chi connectivity index (χ3v) is 3.24. The van der Waals surface area contributed by atoms with E-state index in [2.05, 4.69) is 16.5 Å². The van der Waals surface area contributed by atoms with Gasteiger partial charge in [0.05, 0.1) is 11.7 Å². The Bertz CT molecular complexity index is 544. The molecule has 100 valence electrons. The van der Waals surface area contributed by atoms with E-state index in [-0.39, 0.29) is 11.9 Å². The second kappa shape index (κ2) is 5.47. The second-order valence-electron chi connectivity index (χ2n) is 4.82. The Hall–Kier alpha value is -1.78. The summed E-state index contributed by atoms with van der Waals surface area (Å²) >= 11 is 0. The molecule has 2 rings (SSSR count). The molecule has 0 aliphatic heterocycles. The fraction of sp³-hybridized carbons (Fsp3) is 0.267. The number of hydrogen-bond donors (Lipinski definition) is 2. The Morgan fingerprint density at radius 1 is 1.16 bits per heavy atom. The van der Waals surface area contributed by atoms with E-state index in [1.807, 2.05) is 27.0 Å². The number of pyridine rings is 1. The molecule has 1 heterocycles. The average molecular weight is 259 g/mol. The normalized spacial score (nSPS) is 12.5. The first kappa shape index (κ1) is 13.6. The van der Waals surface area contributed by atoms with E-state index in [1.165, 1.54) is 12.1 Å². The highest BCUT2D eigenvalue weighted by Gasteiger charge is 2.18. The van der Waals surface area contributed by atoms with Crippen LogP contribution in [-0.4, -0.2) is 4.98 Å². The van der Waals surface area contributed by atoms with Crippen LogP contribution in [0.2, 0.25) is 0 Å². The highest BCUT2D eigenvalue weighted by molar-refractivity contribution is 5.38. The van der Waals surface area contributed by atoms with E-state index in [0.717, 1.165) is 27.9 Å². The third-order valence-electron chi connectivity index (χ3n) is 3.24. The summed E-state index contributed by atoms with van der Waals surface area (Å²) in [4.78, 5) is 4.45. The number of nitrogens with zero attached hydrogens (tertiary/aromatic N) is 1. The minimum Gasteiger partial charge on any atom is -0.271 e. The molecule has 0 saturated carbocycles. The fourth-order valence-corrected chi connectivity index (χ4v) is 2.31. The number of rotatable bonds is 3. The van der Waals surface area contributed by atoms with Gasteiger partial charge in [-0.3, -0.25) is 10.8 Å². The lowest BCUT2D eigenvalue weighted by Crippen LogP contribution is -2.30. The topological polar surface area (TPSA) is 50.9 Å². The first-order valence-corrected chi connectivity index (χ1v) is 6.18. The van der Waals surface area contributed by atoms with Crippen LogP contribution in [0.3, 0.4) is 0 Å². The van der Waals surface area contributed by atoms with Gasteiger partial charge in [0.15, 0.2) is 0 Å². The zero-order chi connectivity index (χ0) is 14.0. The molecule has 1 aromatic carbocycles. The number of aryl methyl sites for hydroxylation is 3. The molecule has 0 radical (unpaired) electrons. The summed E-state index contributed by atoms with van der Waals surface area (Å²) in [6.07, 6.45) is 1.81. The molecule has 0 bridgehead atoms. The van der Waals surface area contributed by atoms with Crippen LogP contribution in [0.5, 0.6) is 0 Å². The number of hydrogen-bond acceptors (Lipinski definition) is 3. The number of hydrazine groups is 1. The molecule has 3 N–H and O–H groups in total. The van der Waals surface area contributed by atoms with Gasteiger partial charge < -0.3 is 0 Å². The van der Waals surface area contributed by atoms with Gasteiger partial charge in [-0.15, -0.1) is 0 Å². The Morgan fingerprint density at radius 3 is 2.47 bits per heavy atom. The molecule has 2 aromatic rings. The summed E-state index contributed by atoms with van der Waals surface area (Å²) in [5.41, 5.74) is 7.59. The maximum Gasteiger partial charge on any atom is 0.123 e. The Morgan fingerprint density at radius 2 is 1.89 bits per heavy atom. The number of halogens is 1. The van der Waals surface area contributed by atoms with E-state index in [1.54, 1.807) is 6.07 Å². The van der Waals surface area contributed by atoms with Crippen LogP contribution in [0.15, 0.2) is 30.5 Å². The minimum atomic E-state index is -0.245. The largest absolute Gasteiger partial charge is 0.271 e. The van der Waals surface area contributed by atoms with Crippen molar-refractivity contribution in [2.24, 2.45) is 5.84 Å². The van der Waals surface area contributed by atoms with E-state index >= 15 is 0 Å². The van der Waals surface area contributed by atoms with Gasteiger partial charge in [-0.25, -0.2) is 9.82 Å². The monoisotopic (exact) mass is 259 g/mol. The highest BCUT2D eigenvalue weighted by atomic mass is 19.1. The number of aromatic nitrogens is 1. The summed E-state index contributed by atoms with van der Waals surface area (Å²) in [7, 11) is 0. The van der Waals surface area contributed by atoms with Crippen molar-refractivity contribution in [1.82, 2.24) is 10.4 Å². The predicted octanol–water partition coefficient (Wildman–Crippen LogP) is 2.70. The fourth-order valence-electron chi connectivity index (χ4n) is 2.31. The number of nitrogens with two attached hydrogens (primary N) is 1. The van der Waals surface area contributed by atoms with Crippen molar-refractivity contribution in [2.45, 2.75) is 26.8 Å². The van der Waals surface area contributed by atoms with Gasteiger partial charge in [-0.1, -0.05) is 12.1 Å². The molecule has 19 heavy (non-hydrogen) atoms. The molecule has 0 saturated heterocycles. The maximum atomic E-state index is 13.2. The van der Waals surface area contributed by atoms with Crippen LogP contribution in [0.4, 0.5) is 4.39 Å². The van der Waals surface area contributed by atoms with Gasteiger partial charge in [0.2, 0.25) is 0 Å². The van der Waals surface area contributed by atoms with Crippen LogP contribution in [0.1, 0.15) is 34.0 Å². The van der Waals surface area contributed by atoms with Gasteiger partial charge in [-0.05, 0) is 55.2 Å². The molecule has 3 nitrogen and oxygen atoms in total. The smallest absolute Gasteiger partial charge is 0.123 e. The molecule has 0 aliphatic rings. The van der Waals surface area contributed by atoms with Crippen LogP contribution >= 0.6 is 0 Å². The molecule has 4 heteroatoms. The van der Waals surface area contributed by atoms with Crippen molar-refractivity contribution in [2.75, 3.05) is 0 Å². The van der Waals surface area contributed by atoms with Gasteiger partial charge in [-0.2, -0.15) is 0 Å². The molecule has 1 aromatic heterocycles. The first-order chi connectivity index (χ1) is 9.02. The van der Waals surface area contributed by atoms with Crippen molar-refractivity contribution in [3.63, 3.8) is 0 Å². The molecule has 0 spiro atoms. The lowest BCUT2D eigenvalue weighted by Gasteiger charge is -2.20. The minimum absolute atomic E-state index is 0.235. The second-order valence-corrected chi connectivity index (χ2v) is 4.82. The quantitative estimate of drug-likeness (QED) is 0.658. The summed E-state index contributed by atoms with van der Waals surface area (Å²) in [5, 5.41) is 0. The van der Waals surface area contributed by atoms with Gasteiger partial charge in [0.1, 0.15) is 5.82 Å². The third kappa shape index (κ3) is 2.80. The van der Waals surface area contributed by atoms with Gasteiger partial charge >= 0.3 is 0 Å². The maximum absolute atomic E-state index is 13.2. The Kier molecular flexibility index (Phi) is 3.93. The summed E-state index contributed by atoms with van der Waals surface area (Å²) < 4.78 is 13.2. The lowest BCUT2D eigenvalue weighted by atomic mass is 9.96. The molecule has 0 amide bonds. The molecule has 0 fully saturated rings. The van der Waals surface area contributed by atoms with Crippen LogP contribution < -0.4 is 11.3 Å². The van der Waals surface area contributed by atoms with Crippen LogP contribution in [0, 0.1) is 26.6 Å². The Balaban J connectivity index is 2.50. The van der Waals surface area contributed by atoms with Crippen molar-refractivity contribution in [3.8, 4) is 0 Å². The standard InChI is InChI=1S/C15H18FN3/c1-9-6-11(3)14(18-8-9)15(19-17)13-5-4-12(16)7-10(13)2/h4-8,15,19H,17H2,1-3H3. The summed E-state index contributed by atoms with van der Waals surface area (Å²) in [5.74, 6) is 5.42. The van der Waals surface area contributed by atoms with Gasteiger partial charge in [0, 0.05) is 6.20 Å². The molecule has 1 unspecified atom stereocenters. The van der Waals surface area contributed by atoms with E-state index in [9.17, 15) is 4.39 Å². The first-order valence-electron chi connectivity index (χ1n) is 6.18. The zero-order valence-electron chi connectivity index (χ0n) is 11.4. The van der Waals surface area contributed by atoms with E-state index < -0.39 is 0 Å². The molecular weight excluding hydrogens is 241 g/mol. The lowest BCUT2D eigenvalue weighted by molar-refractivity contribution is 0.601. The van der Waals surface area contributed by atoms with Gasteiger partial charge in [0.25, 0.3) is 0 Å².